The van der Waals surface area contributed by atoms with Crippen molar-refractivity contribution in [3.8, 4) is 11.5 Å². The first-order valence-electron chi connectivity index (χ1n) is 9.85. The normalized spacial score (nSPS) is 17.8. The van der Waals surface area contributed by atoms with Crippen molar-refractivity contribution in [1.82, 2.24) is 9.80 Å². The smallest absolute Gasteiger partial charge is 0.341 e. The maximum atomic E-state index is 12.6. The predicted octanol–water partition coefficient (Wildman–Crippen LogP) is 3.08. The second-order valence-electron chi connectivity index (χ2n) is 7.48. The molecule has 0 amide bonds. The number of rotatable bonds is 5. The zero-order valence-corrected chi connectivity index (χ0v) is 17.5. The third-order valence-corrected chi connectivity index (χ3v) is 5.87. The lowest BCUT2D eigenvalue weighted by Gasteiger charge is -2.32. The summed E-state index contributed by atoms with van der Waals surface area (Å²) in [5.74, 6) is 1.24. The molecule has 2 aromatic rings. The van der Waals surface area contributed by atoms with Crippen LogP contribution >= 0.6 is 12.4 Å². The number of ether oxygens (including phenoxy) is 2. The number of fused-ring (bicyclic) bond motifs is 3. The summed E-state index contributed by atoms with van der Waals surface area (Å²) in [6, 6.07) is 3.68. The standard InChI is InChI=1S/C21H28N2O4.ClH/c1-25-19-12-16-15-6-9-23(11-10-22-7-4-3-5-8-22)14-17(15)21(24)27-18(16)13-20(19)26-2;/h12-13H,3-11,14H2,1-2H3;1H. The molecule has 0 atom stereocenters. The zero-order valence-electron chi connectivity index (χ0n) is 16.7. The minimum Gasteiger partial charge on any atom is -0.493 e. The second-order valence-corrected chi connectivity index (χ2v) is 7.48. The SMILES string of the molecule is COc1cc2oc(=O)c3c(c2cc1OC)CCN(CCN1CCCCC1)C3.Cl. The van der Waals surface area contributed by atoms with E-state index in [1.165, 1.54) is 32.4 Å². The molecule has 7 heteroatoms. The second kappa shape index (κ2) is 9.16. The van der Waals surface area contributed by atoms with Gasteiger partial charge in [-0.1, -0.05) is 6.42 Å². The molecule has 0 spiro atoms. The van der Waals surface area contributed by atoms with E-state index in [0.717, 1.165) is 42.6 Å². The maximum absolute atomic E-state index is 12.6. The summed E-state index contributed by atoms with van der Waals surface area (Å²) >= 11 is 0. The monoisotopic (exact) mass is 408 g/mol. The van der Waals surface area contributed by atoms with Gasteiger partial charge in [0.2, 0.25) is 0 Å². The van der Waals surface area contributed by atoms with Gasteiger partial charge in [0.25, 0.3) is 0 Å². The molecular formula is C21H29ClN2O4. The van der Waals surface area contributed by atoms with E-state index in [-0.39, 0.29) is 18.0 Å². The molecular weight excluding hydrogens is 380 g/mol. The van der Waals surface area contributed by atoms with Gasteiger partial charge in [-0.15, -0.1) is 12.4 Å². The van der Waals surface area contributed by atoms with E-state index in [2.05, 4.69) is 9.80 Å². The Balaban J connectivity index is 0.00000225. The van der Waals surface area contributed by atoms with Gasteiger partial charge in [-0.2, -0.15) is 0 Å². The Morgan fingerprint density at radius 2 is 1.61 bits per heavy atom. The molecule has 0 N–H and O–H groups in total. The molecule has 3 heterocycles. The van der Waals surface area contributed by atoms with Crippen LogP contribution in [-0.2, 0) is 13.0 Å². The highest BCUT2D eigenvalue weighted by Gasteiger charge is 2.24. The summed E-state index contributed by atoms with van der Waals surface area (Å²) < 4.78 is 16.4. The van der Waals surface area contributed by atoms with Crippen molar-refractivity contribution in [1.29, 1.82) is 0 Å². The van der Waals surface area contributed by atoms with Gasteiger partial charge in [0.05, 0.1) is 19.8 Å². The fourth-order valence-corrected chi connectivity index (χ4v) is 4.30. The molecule has 2 aliphatic rings. The van der Waals surface area contributed by atoms with Gasteiger partial charge in [-0.25, -0.2) is 4.79 Å². The quantitative estimate of drug-likeness (QED) is 0.709. The largest absolute Gasteiger partial charge is 0.493 e. The number of benzene rings is 1. The molecule has 2 aliphatic heterocycles. The Kier molecular flexibility index (Phi) is 6.86. The topological polar surface area (TPSA) is 55.2 Å². The fourth-order valence-electron chi connectivity index (χ4n) is 4.30. The number of hydrogen-bond donors (Lipinski definition) is 0. The molecule has 1 fully saturated rings. The van der Waals surface area contributed by atoms with Gasteiger partial charge < -0.3 is 18.8 Å². The van der Waals surface area contributed by atoms with Crippen LogP contribution in [0.1, 0.15) is 30.4 Å². The highest BCUT2D eigenvalue weighted by atomic mass is 35.5. The van der Waals surface area contributed by atoms with Gasteiger partial charge in [0, 0.05) is 37.6 Å². The molecule has 1 aromatic heterocycles. The molecule has 0 aliphatic carbocycles. The Bertz CT molecular complexity index is 877. The van der Waals surface area contributed by atoms with Crippen molar-refractivity contribution < 1.29 is 13.9 Å². The lowest BCUT2D eigenvalue weighted by molar-refractivity contribution is 0.172. The first kappa shape index (κ1) is 21.0. The molecule has 1 saturated heterocycles. The van der Waals surface area contributed by atoms with Crippen molar-refractivity contribution in [2.45, 2.75) is 32.2 Å². The van der Waals surface area contributed by atoms with Crippen LogP contribution < -0.4 is 15.1 Å². The zero-order chi connectivity index (χ0) is 18.8. The maximum Gasteiger partial charge on any atom is 0.341 e. The molecule has 1 aromatic carbocycles. The van der Waals surface area contributed by atoms with Crippen molar-refractivity contribution >= 4 is 23.4 Å². The molecule has 0 bridgehead atoms. The van der Waals surface area contributed by atoms with Crippen LogP contribution in [0.2, 0.25) is 0 Å². The number of halogens is 1. The Labute approximate surface area is 171 Å². The van der Waals surface area contributed by atoms with Crippen LogP contribution in [0, 0.1) is 0 Å². The summed E-state index contributed by atoms with van der Waals surface area (Å²) in [6.45, 7) is 6.13. The summed E-state index contributed by atoms with van der Waals surface area (Å²) in [5, 5.41) is 0.956. The van der Waals surface area contributed by atoms with E-state index in [9.17, 15) is 4.79 Å². The highest BCUT2D eigenvalue weighted by molar-refractivity contribution is 5.85. The molecule has 0 radical (unpaired) electrons. The van der Waals surface area contributed by atoms with E-state index in [0.29, 0.717) is 23.6 Å². The van der Waals surface area contributed by atoms with Crippen LogP contribution in [0.4, 0.5) is 0 Å². The average Bonchev–Trinajstić information content (AvgIpc) is 2.72. The highest BCUT2D eigenvalue weighted by Crippen LogP contribution is 2.35. The van der Waals surface area contributed by atoms with Crippen molar-refractivity contribution in [3.05, 3.63) is 33.7 Å². The third kappa shape index (κ3) is 4.14. The van der Waals surface area contributed by atoms with E-state index in [4.69, 9.17) is 13.9 Å². The third-order valence-electron chi connectivity index (χ3n) is 5.87. The van der Waals surface area contributed by atoms with Gasteiger partial charge >= 0.3 is 5.63 Å². The van der Waals surface area contributed by atoms with E-state index >= 15 is 0 Å². The summed E-state index contributed by atoms with van der Waals surface area (Å²) in [4.78, 5) is 17.5. The van der Waals surface area contributed by atoms with Gasteiger partial charge in [0.15, 0.2) is 11.5 Å². The Morgan fingerprint density at radius 1 is 0.929 bits per heavy atom. The minimum atomic E-state index is -0.229. The molecule has 0 unspecified atom stereocenters. The van der Waals surface area contributed by atoms with Crippen molar-refractivity contribution in [2.75, 3.05) is 46.9 Å². The minimum absolute atomic E-state index is 0. The number of piperidine rings is 1. The van der Waals surface area contributed by atoms with Crippen molar-refractivity contribution in [2.24, 2.45) is 0 Å². The van der Waals surface area contributed by atoms with Gasteiger partial charge in [-0.3, -0.25) is 4.90 Å². The molecule has 6 nitrogen and oxygen atoms in total. The number of hydrogen-bond acceptors (Lipinski definition) is 6. The van der Waals surface area contributed by atoms with Crippen LogP contribution in [-0.4, -0.2) is 56.7 Å². The molecule has 28 heavy (non-hydrogen) atoms. The first-order chi connectivity index (χ1) is 13.2. The fraction of sp³-hybridized carbons (Fsp3) is 0.571. The number of methoxy groups -OCH3 is 2. The Hall–Kier alpha value is -1.76. The average molecular weight is 409 g/mol. The van der Waals surface area contributed by atoms with Crippen LogP contribution in [0.3, 0.4) is 0 Å². The predicted molar refractivity (Wildman–Crippen MR) is 112 cm³/mol. The molecule has 0 saturated carbocycles. The van der Waals surface area contributed by atoms with Gasteiger partial charge in [0.1, 0.15) is 5.58 Å². The summed E-state index contributed by atoms with van der Waals surface area (Å²) in [6.07, 6.45) is 4.83. The van der Waals surface area contributed by atoms with Crippen LogP contribution in [0.5, 0.6) is 11.5 Å². The lowest BCUT2D eigenvalue weighted by Crippen LogP contribution is -2.41. The molecule has 4 rings (SSSR count). The Morgan fingerprint density at radius 3 is 2.32 bits per heavy atom. The van der Waals surface area contributed by atoms with Crippen molar-refractivity contribution in [3.63, 3.8) is 0 Å². The number of nitrogens with zero attached hydrogens (tertiary/aromatic N) is 2. The summed E-state index contributed by atoms with van der Waals surface area (Å²) in [5.41, 5.74) is 2.22. The lowest BCUT2D eigenvalue weighted by atomic mass is 9.97. The van der Waals surface area contributed by atoms with E-state index < -0.39 is 0 Å². The van der Waals surface area contributed by atoms with E-state index in [1.807, 2.05) is 6.07 Å². The van der Waals surface area contributed by atoms with Crippen LogP contribution in [0.25, 0.3) is 11.0 Å². The molecule has 154 valence electrons. The summed E-state index contributed by atoms with van der Waals surface area (Å²) in [7, 11) is 3.21. The number of likely N-dealkylation sites (tertiary alicyclic amines) is 1. The first-order valence-corrected chi connectivity index (χ1v) is 9.85. The van der Waals surface area contributed by atoms with Gasteiger partial charge in [-0.05, 0) is 44.0 Å². The van der Waals surface area contributed by atoms with Crippen LogP contribution in [0.15, 0.2) is 21.3 Å². The van der Waals surface area contributed by atoms with E-state index in [1.54, 1.807) is 20.3 Å².